The SMILES string of the molecule is N#C/C(=C/c1ccc(-c2cccc(F)c2)o1)c1ccc(C(=O)O)cc1. The van der Waals surface area contributed by atoms with Gasteiger partial charge in [-0.15, -0.1) is 0 Å². The normalized spacial score (nSPS) is 11.1. The van der Waals surface area contributed by atoms with E-state index in [0.717, 1.165) is 0 Å². The number of rotatable bonds is 4. The fourth-order valence-electron chi connectivity index (χ4n) is 2.34. The monoisotopic (exact) mass is 333 g/mol. The first-order valence-electron chi connectivity index (χ1n) is 7.38. The van der Waals surface area contributed by atoms with E-state index in [-0.39, 0.29) is 11.4 Å². The molecule has 4 nitrogen and oxygen atoms in total. The van der Waals surface area contributed by atoms with Crippen LogP contribution in [0.3, 0.4) is 0 Å². The van der Waals surface area contributed by atoms with Gasteiger partial charge in [0.05, 0.1) is 17.2 Å². The molecule has 1 N–H and O–H groups in total. The number of aromatic carboxylic acids is 1. The lowest BCUT2D eigenvalue weighted by molar-refractivity contribution is 0.0697. The molecule has 0 radical (unpaired) electrons. The van der Waals surface area contributed by atoms with Gasteiger partial charge < -0.3 is 9.52 Å². The second-order valence-electron chi connectivity index (χ2n) is 5.26. The smallest absolute Gasteiger partial charge is 0.335 e. The van der Waals surface area contributed by atoms with E-state index in [9.17, 15) is 14.4 Å². The third-order valence-electron chi connectivity index (χ3n) is 3.59. The summed E-state index contributed by atoms with van der Waals surface area (Å²) >= 11 is 0. The minimum Gasteiger partial charge on any atom is -0.478 e. The van der Waals surface area contributed by atoms with E-state index >= 15 is 0 Å². The summed E-state index contributed by atoms with van der Waals surface area (Å²) in [6.45, 7) is 0. The number of furan rings is 1. The van der Waals surface area contributed by atoms with Crippen LogP contribution < -0.4 is 0 Å². The van der Waals surface area contributed by atoms with Gasteiger partial charge in [-0.3, -0.25) is 0 Å². The summed E-state index contributed by atoms with van der Waals surface area (Å²) in [5.41, 5.74) is 1.66. The van der Waals surface area contributed by atoms with Crippen molar-refractivity contribution in [2.45, 2.75) is 0 Å². The molecule has 5 heteroatoms. The molecule has 0 bridgehead atoms. The van der Waals surface area contributed by atoms with Crippen molar-refractivity contribution >= 4 is 17.6 Å². The van der Waals surface area contributed by atoms with Gasteiger partial charge in [-0.2, -0.15) is 5.26 Å². The van der Waals surface area contributed by atoms with E-state index in [4.69, 9.17) is 9.52 Å². The Hall–Kier alpha value is -3.65. The van der Waals surface area contributed by atoms with Crippen LogP contribution in [0.25, 0.3) is 23.0 Å². The largest absolute Gasteiger partial charge is 0.478 e. The first-order valence-corrected chi connectivity index (χ1v) is 7.38. The van der Waals surface area contributed by atoms with Gasteiger partial charge in [0.15, 0.2) is 0 Å². The highest BCUT2D eigenvalue weighted by atomic mass is 19.1. The highest BCUT2D eigenvalue weighted by molar-refractivity contribution is 5.91. The summed E-state index contributed by atoms with van der Waals surface area (Å²) in [5, 5.41) is 18.3. The number of halogens is 1. The topological polar surface area (TPSA) is 74.2 Å². The fraction of sp³-hybridized carbons (Fsp3) is 0. The quantitative estimate of drug-likeness (QED) is 0.693. The Bertz CT molecular complexity index is 994. The highest BCUT2D eigenvalue weighted by Crippen LogP contribution is 2.25. The maximum atomic E-state index is 13.3. The van der Waals surface area contributed by atoms with E-state index in [1.54, 1.807) is 42.5 Å². The molecule has 1 aromatic heterocycles. The van der Waals surface area contributed by atoms with Crippen LogP contribution >= 0.6 is 0 Å². The number of hydrogen-bond acceptors (Lipinski definition) is 3. The first-order chi connectivity index (χ1) is 12.1. The van der Waals surface area contributed by atoms with Crippen molar-refractivity contribution in [1.82, 2.24) is 0 Å². The molecule has 0 fully saturated rings. The highest BCUT2D eigenvalue weighted by Gasteiger charge is 2.08. The molecule has 0 aliphatic heterocycles. The van der Waals surface area contributed by atoms with Gasteiger partial charge >= 0.3 is 5.97 Å². The first kappa shape index (κ1) is 16.2. The summed E-state index contributed by atoms with van der Waals surface area (Å²) < 4.78 is 18.9. The van der Waals surface area contributed by atoms with Crippen molar-refractivity contribution in [2.24, 2.45) is 0 Å². The summed E-state index contributed by atoms with van der Waals surface area (Å²) in [6, 6.07) is 17.5. The van der Waals surface area contributed by atoms with E-state index < -0.39 is 5.97 Å². The van der Waals surface area contributed by atoms with Crippen LogP contribution in [-0.2, 0) is 0 Å². The van der Waals surface area contributed by atoms with Gasteiger partial charge in [-0.05, 0) is 48.0 Å². The number of carboxylic acid groups (broad SMARTS) is 1. The van der Waals surface area contributed by atoms with Gasteiger partial charge in [-0.1, -0.05) is 24.3 Å². The number of benzene rings is 2. The van der Waals surface area contributed by atoms with Gasteiger partial charge in [0.1, 0.15) is 17.3 Å². The predicted molar refractivity (Wildman–Crippen MR) is 91.0 cm³/mol. The lowest BCUT2D eigenvalue weighted by Gasteiger charge is -2.00. The van der Waals surface area contributed by atoms with Crippen molar-refractivity contribution in [3.05, 3.63) is 83.4 Å². The van der Waals surface area contributed by atoms with Crippen LogP contribution in [0.1, 0.15) is 21.7 Å². The number of allylic oxidation sites excluding steroid dienone is 1. The summed E-state index contributed by atoms with van der Waals surface area (Å²) in [7, 11) is 0. The summed E-state index contributed by atoms with van der Waals surface area (Å²) in [4.78, 5) is 10.9. The standard InChI is InChI=1S/C20H12FNO3/c21-17-3-1-2-15(10-17)19-9-8-18(25-19)11-16(12-22)13-4-6-14(7-5-13)20(23)24/h1-11H,(H,23,24)/b16-11-. The second kappa shape index (κ2) is 6.85. The molecule has 0 aliphatic carbocycles. The molecule has 3 rings (SSSR count). The van der Waals surface area contributed by atoms with Crippen molar-refractivity contribution in [2.75, 3.05) is 0 Å². The van der Waals surface area contributed by atoms with Gasteiger partial charge in [-0.25, -0.2) is 9.18 Å². The molecular formula is C20H12FNO3. The molecule has 0 saturated heterocycles. The average Bonchev–Trinajstić information content (AvgIpc) is 3.08. The van der Waals surface area contributed by atoms with Crippen LogP contribution in [0, 0.1) is 17.1 Å². The van der Waals surface area contributed by atoms with Crippen molar-refractivity contribution in [1.29, 1.82) is 5.26 Å². The maximum absolute atomic E-state index is 13.3. The minimum absolute atomic E-state index is 0.146. The number of carbonyl (C=O) groups is 1. The Morgan fingerprint density at radius 1 is 1.08 bits per heavy atom. The number of nitrogens with zero attached hydrogens (tertiary/aromatic N) is 1. The zero-order valence-corrected chi connectivity index (χ0v) is 12.9. The van der Waals surface area contributed by atoms with Crippen LogP contribution in [-0.4, -0.2) is 11.1 Å². The van der Waals surface area contributed by atoms with Crippen LogP contribution in [0.4, 0.5) is 4.39 Å². The zero-order valence-electron chi connectivity index (χ0n) is 12.9. The molecule has 0 atom stereocenters. The van der Waals surface area contributed by atoms with Gasteiger partial charge in [0.25, 0.3) is 0 Å². The van der Waals surface area contributed by atoms with Gasteiger partial charge in [0.2, 0.25) is 0 Å². The molecule has 3 aromatic rings. The molecule has 0 saturated carbocycles. The van der Waals surface area contributed by atoms with E-state index in [1.165, 1.54) is 24.3 Å². The molecule has 2 aromatic carbocycles. The molecule has 122 valence electrons. The number of nitriles is 1. The Labute approximate surface area is 143 Å². The van der Waals surface area contributed by atoms with Crippen LogP contribution in [0.15, 0.2) is 65.1 Å². The Morgan fingerprint density at radius 3 is 2.44 bits per heavy atom. The van der Waals surface area contributed by atoms with Crippen molar-refractivity contribution < 1.29 is 18.7 Å². The molecule has 0 unspecified atom stereocenters. The summed E-state index contributed by atoms with van der Waals surface area (Å²) in [6.07, 6.45) is 1.55. The molecule has 0 amide bonds. The molecule has 0 spiro atoms. The third kappa shape index (κ3) is 3.65. The van der Waals surface area contributed by atoms with Crippen LogP contribution in [0.2, 0.25) is 0 Å². The molecule has 25 heavy (non-hydrogen) atoms. The second-order valence-corrected chi connectivity index (χ2v) is 5.26. The zero-order chi connectivity index (χ0) is 17.8. The molecular weight excluding hydrogens is 321 g/mol. The number of carboxylic acids is 1. The Kier molecular flexibility index (Phi) is 4.44. The number of hydrogen-bond donors (Lipinski definition) is 1. The van der Waals surface area contributed by atoms with Crippen molar-refractivity contribution in [3.63, 3.8) is 0 Å². The minimum atomic E-state index is -1.03. The Morgan fingerprint density at radius 2 is 1.80 bits per heavy atom. The molecule has 0 aliphatic rings. The summed E-state index contributed by atoms with van der Waals surface area (Å²) in [5.74, 6) is -0.454. The van der Waals surface area contributed by atoms with Crippen molar-refractivity contribution in [3.8, 4) is 17.4 Å². The lowest BCUT2D eigenvalue weighted by Crippen LogP contribution is -1.95. The predicted octanol–water partition coefficient (Wildman–Crippen LogP) is 4.85. The average molecular weight is 333 g/mol. The Balaban J connectivity index is 1.90. The van der Waals surface area contributed by atoms with E-state index in [2.05, 4.69) is 6.07 Å². The molecule has 1 heterocycles. The fourth-order valence-corrected chi connectivity index (χ4v) is 2.34. The van der Waals surface area contributed by atoms with Crippen LogP contribution in [0.5, 0.6) is 0 Å². The maximum Gasteiger partial charge on any atom is 0.335 e. The van der Waals surface area contributed by atoms with E-state index in [0.29, 0.717) is 28.2 Å². The lowest BCUT2D eigenvalue weighted by atomic mass is 10.0. The van der Waals surface area contributed by atoms with E-state index in [1.807, 2.05) is 0 Å². The third-order valence-corrected chi connectivity index (χ3v) is 3.59. The van der Waals surface area contributed by atoms with Gasteiger partial charge in [0, 0.05) is 5.56 Å².